The highest BCUT2D eigenvalue weighted by molar-refractivity contribution is 6.01. The first-order valence-corrected chi connectivity index (χ1v) is 10.5. The third kappa shape index (κ3) is 5.97. The molecular weight excluding hydrogens is 437 g/mol. The van der Waals surface area contributed by atoms with Crippen LogP contribution in [0.4, 0.5) is 13.2 Å². The molecule has 1 unspecified atom stereocenters. The minimum Gasteiger partial charge on any atom is -0.493 e. The van der Waals surface area contributed by atoms with Gasteiger partial charge in [-0.1, -0.05) is 31.1 Å². The van der Waals surface area contributed by atoms with Crippen LogP contribution in [0.2, 0.25) is 0 Å². The number of carbonyl (C=O) groups is 1. The van der Waals surface area contributed by atoms with Gasteiger partial charge >= 0.3 is 6.18 Å². The van der Waals surface area contributed by atoms with Crippen molar-refractivity contribution in [3.63, 3.8) is 0 Å². The van der Waals surface area contributed by atoms with Crippen molar-refractivity contribution in [1.29, 1.82) is 0 Å². The lowest BCUT2D eigenvalue weighted by Gasteiger charge is -2.27. The first-order valence-electron chi connectivity index (χ1n) is 10.5. The Bertz CT molecular complexity index is 1020. The van der Waals surface area contributed by atoms with Crippen molar-refractivity contribution in [2.24, 2.45) is 11.1 Å². The minimum atomic E-state index is -4.44. The molecule has 1 atom stereocenters. The number of oxime groups is 1. The number of amides is 1. The molecule has 0 saturated heterocycles. The van der Waals surface area contributed by atoms with Crippen LogP contribution in [0.5, 0.6) is 11.5 Å². The van der Waals surface area contributed by atoms with Crippen LogP contribution in [0.25, 0.3) is 0 Å². The average molecular weight is 464 g/mol. The lowest BCUT2D eigenvalue weighted by atomic mass is 10.0. The van der Waals surface area contributed by atoms with E-state index in [9.17, 15) is 18.0 Å². The van der Waals surface area contributed by atoms with Gasteiger partial charge in [0, 0.05) is 24.4 Å². The molecule has 0 fully saturated rings. The molecule has 3 rings (SSSR count). The Hall–Kier alpha value is -3.23. The Morgan fingerprint density at radius 3 is 2.52 bits per heavy atom. The van der Waals surface area contributed by atoms with Gasteiger partial charge in [-0.2, -0.15) is 13.2 Å². The number of ether oxygens (including phenoxy) is 2. The SMILES string of the molecule is COc1ccc(C2=NOC(CN(Cc3cccc(C(F)(F)F)c3)C(=O)C(C)C)C2)cc1OC. The van der Waals surface area contributed by atoms with E-state index in [1.54, 1.807) is 46.3 Å². The second-order valence-corrected chi connectivity index (χ2v) is 8.11. The van der Waals surface area contributed by atoms with Crippen LogP contribution in [0, 0.1) is 5.92 Å². The molecule has 0 spiro atoms. The summed E-state index contributed by atoms with van der Waals surface area (Å²) >= 11 is 0. The molecule has 2 aromatic carbocycles. The average Bonchev–Trinajstić information content (AvgIpc) is 3.25. The molecular formula is C24H27F3N2O4. The van der Waals surface area contributed by atoms with Gasteiger partial charge in [0.2, 0.25) is 5.91 Å². The van der Waals surface area contributed by atoms with Gasteiger partial charge < -0.3 is 19.2 Å². The van der Waals surface area contributed by atoms with E-state index in [1.807, 2.05) is 6.07 Å². The molecule has 1 heterocycles. The number of halogens is 3. The van der Waals surface area contributed by atoms with E-state index in [0.717, 1.165) is 17.7 Å². The summed E-state index contributed by atoms with van der Waals surface area (Å²) in [7, 11) is 3.09. The third-order valence-electron chi connectivity index (χ3n) is 5.31. The molecule has 0 N–H and O–H groups in total. The van der Waals surface area contributed by atoms with Crippen LogP contribution in [0.15, 0.2) is 47.6 Å². The van der Waals surface area contributed by atoms with Crippen LogP contribution in [-0.2, 0) is 22.4 Å². The van der Waals surface area contributed by atoms with E-state index in [0.29, 0.717) is 29.2 Å². The van der Waals surface area contributed by atoms with Crippen molar-refractivity contribution in [2.45, 2.75) is 39.1 Å². The number of rotatable bonds is 8. The highest BCUT2D eigenvalue weighted by Gasteiger charge is 2.31. The first-order chi connectivity index (χ1) is 15.6. The highest BCUT2D eigenvalue weighted by atomic mass is 19.4. The zero-order valence-corrected chi connectivity index (χ0v) is 19.0. The summed E-state index contributed by atoms with van der Waals surface area (Å²) in [6, 6.07) is 10.4. The van der Waals surface area contributed by atoms with Gasteiger partial charge in [0.25, 0.3) is 0 Å². The number of nitrogens with zero attached hydrogens (tertiary/aromatic N) is 2. The zero-order valence-electron chi connectivity index (χ0n) is 19.0. The molecule has 1 aliphatic rings. The normalized spacial score (nSPS) is 15.8. The predicted molar refractivity (Wildman–Crippen MR) is 117 cm³/mol. The van der Waals surface area contributed by atoms with Crippen molar-refractivity contribution in [3.8, 4) is 11.5 Å². The number of methoxy groups -OCH3 is 2. The van der Waals surface area contributed by atoms with Gasteiger partial charge in [-0.05, 0) is 35.9 Å². The lowest BCUT2D eigenvalue weighted by Crippen LogP contribution is -2.39. The van der Waals surface area contributed by atoms with Gasteiger partial charge in [0.15, 0.2) is 17.6 Å². The summed E-state index contributed by atoms with van der Waals surface area (Å²) < 4.78 is 49.9. The molecule has 0 bridgehead atoms. The van der Waals surface area contributed by atoms with Gasteiger partial charge in [-0.3, -0.25) is 4.79 Å². The summed E-state index contributed by atoms with van der Waals surface area (Å²) in [5.74, 6) is 0.661. The molecule has 0 radical (unpaired) electrons. The van der Waals surface area contributed by atoms with Crippen molar-refractivity contribution in [3.05, 3.63) is 59.2 Å². The Kier molecular flexibility index (Phi) is 7.50. The fourth-order valence-corrected chi connectivity index (χ4v) is 3.62. The van der Waals surface area contributed by atoms with E-state index in [1.165, 1.54) is 11.0 Å². The third-order valence-corrected chi connectivity index (χ3v) is 5.31. The van der Waals surface area contributed by atoms with Crippen LogP contribution in [0.3, 0.4) is 0 Å². The molecule has 6 nitrogen and oxygen atoms in total. The molecule has 9 heteroatoms. The van der Waals surface area contributed by atoms with E-state index in [2.05, 4.69) is 5.16 Å². The van der Waals surface area contributed by atoms with Crippen molar-refractivity contribution in [2.75, 3.05) is 20.8 Å². The standard InChI is InChI=1S/C24H27F3N2O4/c1-15(2)23(30)29(13-16-6-5-7-18(10-16)24(25,26)27)14-19-12-20(28-33-19)17-8-9-21(31-3)22(11-17)32-4/h5-11,15,19H,12-14H2,1-4H3. The number of benzene rings is 2. The molecule has 33 heavy (non-hydrogen) atoms. The maximum Gasteiger partial charge on any atom is 0.416 e. The second-order valence-electron chi connectivity index (χ2n) is 8.11. The molecule has 178 valence electrons. The van der Waals surface area contributed by atoms with Gasteiger partial charge in [0.1, 0.15) is 0 Å². The fourth-order valence-electron chi connectivity index (χ4n) is 3.62. The van der Waals surface area contributed by atoms with Crippen LogP contribution in [-0.4, -0.2) is 43.4 Å². The van der Waals surface area contributed by atoms with E-state index in [4.69, 9.17) is 14.3 Å². The molecule has 1 amide bonds. The lowest BCUT2D eigenvalue weighted by molar-refractivity contribution is -0.137. The molecule has 2 aromatic rings. The fraction of sp³-hybridized carbons (Fsp3) is 0.417. The van der Waals surface area contributed by atoms with Crippen LogP contribution >= 0.6 is 0 Å². The maximum atomic E-state index is 13.1. The largest absolute Gasteiger partial charge is 0.493 e. The predicted octanol–water partition coefficient (Wildman–Crippen LogP) is 4.90. The topological polar surface area (TPSA) is 60.4 Å². The molecule has 0 aliphatic carbocycles. The summed E-state index contributed by atoms with van der Waals surface area (Å²) in [5.41, 5.74) is 1.15. The first kappa shape index (κ1) is 24.4. The van der Waals surface area contributed by atoms with Crippen molar-refractivity contribution in [1.82, 2.24) is 4.90 Å². The minimum absolute atomic E-state index is 0.0481. The second kappa shape index (κ2) is 10.1. The Balaban J connectivity index is 1.73. The van der Waals surface area contributed by atoms with Crippen molar-refractivity contribution < 1.29 is 32.3 Å². The Morgan fingerprint density at radius 2 is 1.88 bits per heavy atom. The van der Waals surface area contributed by atoms with E-state index < -0.39 is 17.8 Å². The van der Waals surface area contributed by atoms with E-state index >= 15 is 0 Å². The highest BCUT2D eigenvalue weighted by Crippen LogP contribution is 2.31. The van der Waals surface area contributed by atoms with E-state index in [-0.39, 0.29) is 24.9 Å². The van der Waals surface area contributed by atoms with Gasteiger partial charge in [-0.15, -0.1) is 0 Å². The Morgan fingerprint density at radius 1 is 1.15 bits per heavy atom. The number of hydrogen-bond donors (Lipinski definition) is 0. The maximum absolute atomic E-state index is 13.1. The number of hydrogen-bond acceptors (Lipinski definition) is 5. The van der Waals surface area contributed by atoms with Crippen molar-refractivity contribution >= 4 is 11.6 Å². The Labute approximate surface area is 190 Å². The monoisotopic (exact) mass is 464 g/mol. The van der Waals surface area contributed by atoms with Crippen LogP contribution < -0.4 is 9.47 Å². The number of carbonyl (C=O) groups excluding carboxylic acids is 1. The summed E-state index contributed by atoms with van der Waals surface area (Å²) in [5, 5.41) is 4.16. The number of alkyl halides is 3. The summed E-state index contributed by atoms with van der Waals surface area (Å²) in [6.07, 6.45) is -4.42. The smallest absolute Gasteiger partial charge is 0.416 e. The molecule has 0 aromatic heterocycles. The quantitative estimate of drug-likeness (QED) is 0.558. The summed E-state index contributed by atoms with van der Waals surface area (Å²) in [6.45, 7) is 3.76. The van der Waals surface area contributed by atoms with Gasteiger partial charge in [-0.25, -0.2) is 0 Å². The van der Waals surface area contributed by atoms with Gasteiger partial charge in [0.05, 0.1) is 32.0 Å². The van der Waals surface area contributed by atoms with Crippen LogP contribution in [0.1, 0.15) is 37.0 Å². The molecule has 0 saturated carbocycles. The zero-order chi connectivity index (χ0) is 24.2. The summed E-state index contributed by atoms with van der Waals surface area (Å²) in [4.78, 5) is 19.9. The molecule has 1 aliphatic heterocycles.